The van der Waals surface area contributed by atoms with E-state index in [0.29, 0.717) is 5.82 Å². The number of carbonyl (C=O) groups is 1. The van der Waals surface area contributed by atoms with Gasteiger partial charge in [-0.1, -0.05) is 0 Å². The third kappa shape index (κ3) is 1.73. The number of hydrogen-bond donors (Lipinski definition) is 0. The number of Topliss-reactive ketones (excluding diaryl/α,β-unsaturated/α-hetero) is 1. The summed E-state index contributed by atoms with van der Waals surface area (Å²) in [5, 5.41) is 0. The molecule has 84 valence electrons. The predicted molar refractivity (Wildman–Crippen MR) is 57.0 cm³/mol. The first kappa shape index (κ1) is 9.90. The maximum atomic E-state index is 12.1. The topological polar surface area (TPSA) is 52.1 Å². The van der Waals surface area contributed by atoms with Crippen LogP contribution in [-0.2, 0) is 4.74 Å². The highest BCUT2D eigenvalue weighted by atomic mass is 16.5. The highest BCUT2D eigenvalue weighted by Gasteiger charge is 2.38. The lowest BCUT2D eigenvalue weighted by Gasteiger charge is -2.26. The van der Waals surface area contributed by atoms with Crippen molar-refractivity contribution in [3.05, 3.63) is 24.3 Å². The number of ketones is 1. The molecule has 2 unspecified atom stereocenters. The summed E-state index contributed by atoms with van der Waals surface area (Å²) >= 11 is 0. The van der Waals surface area contributed by atoms with Crippen LogP contribution >= 0.6 is 0 Å². The van der Waals surface area contributed by atoms with Crippen molar-refractivity contribution >= 4 is 5.78 Å². The van der Waals surface area contributed by atoms with Crippen LogP contribution < -0.4 is 0 Å². The van der Waals surface area contributed by atoms with Gasteiger partial charge >= 0.3 is 0 Å². The van der Waals surface area contributed by atoms with Gasteiger partial charge in [-0.15, -0.1) is 0 Å². The molecular weight excluding hydrogens is 204 g/mol. The Morgan fingerprint density at radius 3 is 2.44 bits per heavy atom. The minimum Gasteiger partial charge on any atom is -0.375 e. The average molecular weight is 218 g/mol. The van der Waals surface area contributed by atoms with Crippen molar-refractivity contribution < 1.29 is 9.53 Å². The lowest BCUT2D eigenvalue weighted by atomic mass is 9.91. The van der Waals surface area contributed by atoms with Gasteiger partial charge in [0.15, 0.2) is 5.82 Å². The molecule has 4 heteroatoms. The summed E-state index contributed by atoms with van der Waals surface area (Å²) in [6, 6.07) is 1.73. The van der Waals surface area contributed by atoms with Gasteiger partial charge in [0.1, 0.15) is 0 Å². The molecule has 0 aliphatic carbocycles. The molecule has 1 aromatic rings. The summed E-state index contributed by atoms with van der Waals surface area (Å²) in [5.41, 5.74) is 0. The van der Waals surface area contributed by atoms with Crippen molar-refractivity contribution in [1.82, 2.24) is 9.97 Å². The molecule has 2 aliphatic rings. The van der Waals surface area contributed by atoms with Crippen LogP contribution in [0.25, 0.3) is 0 Å². The van der Waals surface area contributed by atoms with Gasteiger partial charge in [0.05, 0.1) is 12.2 Å². The zero-order chi connectivity index (χ0) is 11.0. The quantitative estimate of drug-likeness (QED) is 0.708. The third-order valence-corrected chi connectivity index (χ3v) is 3.45. The molecule has 3 heterocycles. The molecule has 0 aromatic carbocycles. The standard InChI is InChI=1S/C12H14N2O2/c15-11(12-13-4-1-5-14-12)8-6-9-2-3-10(7-8)16-9/h1,4-5,8-10H,2-3,6-7H2. The van der Waals surface area contributed by atoms with E-state index in [-0.39, 0.29) is 23.9 Å². The Kier molecular flexibility index (Phi) is 2.44. The van der Waals surface area contributed by atoms with Gasteiger partial charge in [0.25, 0.3) is 0 Å². The van der Waals surface area contributed by atoms with E-state index < -0.39 is 0 Å². The molecule has 2 bridgehead atoms. The molecule has 0 N–H and O–H groups in total. The van der Waals surface area contributed by atoms with Crippen molar-refractivity contribution in [2.75, 3.05) is 0 Å². The van der Waals surface area contributed by atoms with E-state index in [1.807, 2.05) is 0 Å². The Hall–Kier alpha value is -1.29. The molecule has 0 saturated carbocycles. The minimum atomic E-state index is 0.0636. The first-order valence-electron chi connectivity index (χ1n) is 5.79. The van der Waals surface area contributed by atoms with E-state index in [2.05, 4.69) is 9.97 Å². The third-order valence-electron chi connectivity index (χ3n) is 3.45. The van der Waals surface area contributed by atoms with Crippen LogP contribution in [0.3, 0.4) is 0 Å². The van der Waals surface area contributed by atoms with Gasteiger partial charge in [-0.3, -0.25) is 4.79 Å². The van der Waals surface area contributed by atoms with E-state index in [9.17, 15) is 4.79 Å². The summed E-state index contributed by atoms with van der Waals surface area (Å²) in [7, 11) is 0. The molecule has 4 nitrogen and oxygen atoms in total. The van der Waals surface area contributed by atoms with E-state index in [1.54, 1.807) is 18.5 Å². The van der Waals surface area contributed by atoms with Gasteiger partial charge in [0, 0.05) is 18.3 Å². The van der Waals surface area contributed by atoms with Crippen molar-refractivity contribution in [1.29, 1.82) is 0 Å². The molecule has 16 heavy (non-hydrogen) atoms. The summed E-state index contributed by atoms with van der Waals surface area (Å²) in [6.07, 6.45) is 7.70. The van der Waals surface area contributed by atoms with Crippen LogP contribution in [-0.4, -0.2) is 28.0 Å². The Balaban J connectivity index is 1.76. The monoisotopic (exact) mass is 218 g/mol. The highest BCUT2D eigenvalue weighted by molar-refractivity contribution is 5.94. The molecular formula is C12H14N2O2. The fraction of sp³-hybridized carbons (Fsp3) is 0.583. The second kappa shape index (κ2) is 3.94. The fourth-order valence-electron chi connectivity index (χ4n) is 2.68. The Labute approximate surface area is 94.1 Å². The van der Waals surface area contributed by atoms with Gasteiger partial charge in [-0.2, -0.15) is 0 Å². The van der Waals surface area contributed by atoms with E-state index >= 15 is 0 Å². The van der Waals surface area contributed by atoms with Crippen LogP contribution in [0.15, 0.2) is 18.5 Å². The fourth-order valence-corrected chi connectivity index (χ4v) is 2.68. The number of aromatic nitrogens is 2. The van der Waals surface area contributed by atoms with Gasteiger partial charge in [-0.25, -0.2) is 9.97 Å². The number of carbonyl (C=O) groups excluding carboxylic acids is 1. The SMILES string of the molecule is O=C(c1ncccn1)C1CC2CCC(C1)O2. The van der Waals surface area contributed by atoms with Gasteiger partial charge < -0.3 is 4.74 Å². The number of hydrogen-bond acceptors (Lipinski definition) is 4. The molecule has 0 amide bonds. The summed E-state index contributed by atoms with van der Waals surface area (Å²) in [5.74, 6) is 0.503. The van der Waals surface area contributed by atoms with Crippen LogP contribution in [0, 0.1) is 5.92 Å². The largest absolute Gasteiger partial charge is 0.375 e. The van der Waals surface area contributed by atoms with E-state index in [1.165, 1.54) is 0 Å². The lowest BCUT2D eigenvalue weighted by Crippen LogP contribution is -2.30. The Morgan fingerprint density at radius 2 is 1.81 bits per heavy atom. The summed E-state index contributed by atoms with van der Waals surface area (Å²) in [4.78, 5) is 20.2. The molecule has 0 radical (unpaired) electrons. The van der Waals surface area contributed by atoms with Crippen LogP contribution in [0.5, 0.6) is 0 Å². The Bertz CT molecular complexity index is 381. The van der Waals surface area contributed by atoms with Gasteiger partial charge in [-0.05, 0) is 31.7 Å². The predicted octanol–water partition coefficient (Wildman–Crippen LogP) is 1.62. The maximum Gasteiger partial charge on any atom is 0.203 e. The van der Waals surface area contributed by atoms with Crippen molar-refractivity contribution in [3.63, 3.8) is 0 Å². The summed E-state index contributed by atoms with van der Waals surface area (Å²) in [6.45, 7) is 0. The van der Waals surface area contributed by atoms with Crippen LogP contribution in [0.1, 0.15) is 36.3 Å². The lowest BCUT2D eigenvalue weighted by molar-refractivity contribution is -0.0151. The average Bonchev–Trinajstić information content (AvgIpc) is 2.68. The zero-order valence-electron chi connectivity index (χ0n) is 9.00. The molecule has 2 fully saturated rings. The second-order valence-electron chi connectivity index (χ2n) is 4.56. The second-order valence-corrected chi connectivity index (χ2v) is 4.56. The van der Waals surface area contributed by atoms with Crippen molar-refractivity contribution in [2.24, 2.45) is 5.92 Å². The van der Waals surface area contributed by atoms with E-state index in [0.717, 1.165) is 25.7 Å². The van der Waals surface area contributed by atoms with Crippen molar-refractivity contribution in [3.8, 4) is 0 Å². The van der Waals surface area contributed by atoms with Crippen molar-refractivity contribution in [2.45, 2.75) is 37.9 Å². The van der Waals surface area contributed by atoms with Gasteiger partial charge in [0.2, 0.25) is 5.78 Å². The molecule has 2 aliphatic heterocycles. The number of rotatable bonds is 2. The normalized spacial score (nSPS) is 32.6. The van der Waals surface area contributed by atoms with E-state index in [4.69, 9.17) is 4.74 Å². The minimum absolute atomic E-state index is 0.0636. The molecule has 3 rings (SSSR count). The molecule has 0 spiro atoms. The smallest absolute Gasteiger partial charge is 0.203 e. The molecule has 2 atom stereocenters. The van der Waals surface area contributed by atoms with Crippen LogP contribution in [0.2, 0.25) is 0 Å². The summed E-state index contributed by atoms with van der Waals surface area (Å²) < 4.78 is 5.72. The Morgan fingerprint density at radius 1 is 1.19 bits per heavy atom. The maximum absolute atomic E-state index is 12.1. The number of nitrogens with zero attached hydrogens (tertiary/aromatic N) is 2. The zero-order valence-corrected chi connectivity index (χ0v) is 9.00. The first-order chi connectivity index (χ1) is 7.83. The number of ether oxygens (including phenoxy) is 1. The first-order valence-corrected chi connectivity index (χ1v) is 5.79. The molecule has 1 aromatic heterocycles. The molecule has 2 saturated heterocycles. The highest BCUT2D eigenvalue weighted by Crippen LogP contribution is 2.36. The van der Waals surface area contributed by atoms with Crippen LogP contribution in [0.4, 0.5) is 0 Å². The number of fused-ring (bicyclic) bond motifs is 2.